The summed E-state index contributed by atoms with van der Waals surface area (Å²) in [6.07, 6.45) is 0. The molecule has 2 amide bonds. The lowest BCUT2D eigenvalue weighted by Gasteiger charge is -2.27. The highest BCUT2D eigenvalue weighted by atomic mass is 16.2. The quantitative estimate of drug-likeness (QED) is 0.828. The number of hydrogen-bond acceptors (Lipinski definition) is 1. The molecule has 0 N–H and O–H groups in total. The lowest BCUT2D eigenvalue weighted by Crippen LogP contribution is -2.40. The zero-order valence-corrected chi connectivity index (χ0v) is 12.0. The number of para-hydroxylation sites is 1. The summed E-state index contributed by atoms with van der Waals surface area (Å²) in [6.45, 7) is 3.26. The molecule has 0 aliphatic heterocycles. The van der Waals surface area contributed by atoms with Crippen molar-refractivity contribution in [2.45, 2.75) is 13.5 Å². The third kappa shape index (κ3) is 3.38. The summed E-state index contributed by atoms with van der Waals surface area (Å²) in [5, 5.41) is 0. The number of rotatable bonds is 4. The van der Waals surface area contributed by atoms with Gasteiger partial charge in [0.2, 0.25) is 0 Å². The molecule has 0 aromatic heterocycles. The fourth-order valence-electron chi connectivity index (χ4n) is 2.17. The molecule has 20 heavy (non-hydrogen) atoms. The van der Waals surface area contributed by atoms with E-state index in [0.29, 0.717) is 13.1 Å². The highest BCUT2D eigenvalue weighted by Gasteiger charge is 2.17. The maximum atomic E-state index is 12.5. The van der Waals surface area contributed by atoms with Gasteiger partial charge in [0.05, 0.1) is 0 Å². The molecule has 0 bridgehead atoms. The van der Waals surface area contributed by atoms with Gasteiger partial charge in [-0.2, -0.15) is 0 Å². The van der Waals surface area contributed by atoms with E-state index in [9.17, 15) is 4.79 Å². The van der Waals surface area contributed by atoms with Crippen molar-refractivity contribution < 1.29 is 4.79 Å². The van der Waals surface area contributed by atoms with Crippen molar-refractivity contribution in [2.75, 3.05) is 18.5 Å². The fraction of sp³-hybridized carbons (Fsp3) is 0.235. The molecule has 0 aliphatic carbocycles. The Hall–Kier alpha value is -2.29. The lowest BCUT2D eigenvalue weighted by molar-refractivity contribution is 0.214. The van der Waals surface area contributed by atoms with Crippen LogP contribution in [0.25, 0.3) is 0 Å². The minimum atomic E-state index is 0.0163. The molecule has 0 saturated heterocycles. The van der Waals surface area contributed by atoms with E-state index in [1.165, 1.54) is 0 Å². The van der Waals surface area contributed by atoms with Gasteiger partial charge in [-0.1, -0.05) is 48.5 Å². The highest BCUT2D eigenvalue weighted by Crippen LogP contribution is 2.15. The number of anilines is 1. The smallest absolute Gasteiger partial charge is 0.323 e. The van der Waals surface area contributed by atoms with E-state index in [1.807, 2.05) is 74.6 Å². The molecule has 3 nitrogen and oxygen atoms in total. The van der Waals surface area contributed by atoms with Crippen LogP contribution in [-0.4, -0.2) is 24.5 Å². The fourth-order valence-corrected chi connectivity index (χ4v) is 2.17. The minimum Gasteiger partial charge on any atom is -0.323 e. The van der Waals surface area contributed by atoms with Gasteiger partial charge >= 0.3 is 6.03 Å². The molecule has 2 aromatic rings. The molecule has 0 aliphatic rings. The molecule has 0 spiro atoms. The molecule has 0 saturated carbocycles. The minimum absolute atomic E-state index is 0.0163. The van der Waals surface area contributed by atoms with Crippen molar-refractivity contribution in [1.82, 2.24) is 4.90 Å². The van der Waals surface area contributed by atoms with Crippen LogP contribution in [0.4, 0.5) is 10.5 Å². The zero-order chi connectivity index (χ0) is 14.4. The Balaban J connectivity index is 2.09. The van der Waals surface area contributed by atoms with Crippen LogP contribution in [0.3, 0.4) is 0 Å². The van der Waals surface area contributed by atoms with E-state index in [1.54, 1.807) is 9.80 Å². The predicted octanol–water partition coefficient (Wildman–Crippen LogP) is 3.76. The van der Waals surface area contributed by atoms with Gasteiger partial charge in [-0.05, 0) is 24.6 Å². The summed E-state index contributed by atoms with van der Waals surface area (Å²) < 4.78 is 0. The topological polar surface area (TPSA) is 23.6 Å². The standard InChI is InChI=1S/C17H20N2O/c1-3-19(16-12-8-5-9-13-16)17(20)18(2)14-15-10-6-4-7-11-15/h4-13H,3,14H2,1-2H3. The lowest BCUT2D eigenvalue weighted by atomic mass is 10.2. The van der Waals surface area contributed by atoms with Gasteiger partial charge in [0, 0.05) is 25.8 Å². The van der Waals surface area contributed by atoms with Gasteiger partial charge in [-0.15, -0.1) is 0 Å². The normalized spacial score (nSPS) is 10.1. The van der Waals surface area contributed by atoms with Gasteiger partial charge in [0.15, 0.2) is 0 Å². The molecule has 0 heterocycles. The van der Waals surface area contributed by atoms with E-state index in [2.05, 4.69) is 0 Å². The summed E-state index contributed by atoms with van der Waals surface area (Å²) in [5.41, 5.74) is 2.06. The molecular weight excluding hydrogens is 248 g/mol. The van der Waals surface area contributed by atoms with Crippen molar-refractivity contribution in [1.29, 1.82) is 0 Å². The highest BCUT2D eigenvalue weighted by molar-refractivity contribution is 5.91. The number of benzene rings is 2. The number of amides is 2. The van der Waals surface area contributed by atoms with Crippen molar-refractivity contribution in [3.05, 3.63) is 66.2 Å². The molecule has 0 atom stereocenters. The van der Waals surface area contributed by atoms with Crippen molar-refractivity contribution in [3.8, 4) is 0 Å². The van der Waals surface area contributed by atoms with Gasteiger partial charge < -0.3 is 4.90 Å². The first-order valence-electron chi connectivity index (χ1n) is 6.84. The van der Waals surface area contributed by atoms with Crippen LogP contribution in [0.15, 0.2) is 60.7 Å². The average Bonchev–Trinajstić information content (AvgIpc) is 2.50. The van der Waals surface area contributed by atoms with E-state index < -0.39 is 0 Å². The second-order valence-corrected chi connectivity index (χ2v) is 4.70. The van der Waals surface area contributed by atoms with Gasteiger partial charge in [0.25, 0.3) is 0 Å². The van der Waals surface area contributed by atoms with Crippen LogP contribution >= 0.6 is 0 Å². The molecular formula is C17H20N2O. The third-order valence-corrected chi connectivity index (χ3v) is 3.20. The Morgan fingerprint density at radius 1 is 0.950 bits per heavy atom. The molecule has 0 radical (unpaired) electrons. The summed E-state index contributed by atoms with van der Waals surface area (Å²) >= 11 is 0. The van der Waals surface area contributed by atoms with Crippen LogP contribution < -0.4 is 4.90 Å². The monoisotopic (exact) mass is 268 g/mol. The molecule has 104 valence electrons. The first-order chi connectivity index (χ1) is 9.72. The van der Waals surface area contributed by atoms with E-state index >= 15 is 0 Å². The summed E-state index contributed by atoms with van der Waals surface area (Å²) in [6, 6.07) is 19.8. The maximum absolute atomic E-state index is 12.5. The van der Waals surface area contributed by atoms with E-state index in [-0.39, 0.29) is 6.03 Å². The SMILES string of the molecule is CCN(C(=O)N(C)Cc1ccccc1)c1ccccc1. The largest absolute Gasteiger partial charge is 0.324 e. The number of carbonyl (C=O) groups excluding carboxylic acids is 1. The number of hydrogen-bond donors (Lipinski definition) is 0. The van der Waals surface area contributed by atoms with Gasteiger partial charge in [-0.25, -0.2) is 4.79 Å². The first kappa shape index (κ1) is 14.1. The Morgan fingerprint density at radius 3 is 2.05 bits per heavy atom. The summed E-state index contributed by atoms with van der Waals surface area (Å²) in [5.74, 6) is 0. The van der Waals surface area contributed by atoms with E-state index in [0.717, 1.165) is 11.3 Å². The van der Waals surface area contributed by atoms with Gasteiger partial charge in [0.1, 0.15) is 0 Å². The second kappa shape index (κ2) is 6.75. The first-order valence-corrected chi connectivity index (χ1v) is 6.84. The van der Waals surface area contributed by atoms with Crippen molar-refractivity contribution in [2.24, 2.45) is 0 Å². The zero-order valence-electron chi connectivity index (χ0n) is 12.0. The maximum Gasteiger partial charge on any atom is 0.324 e. The molecule has 0 fully saturated rings. The number of carbonyl (C=O) groups is 1. The number of urea groups is 1. The van der Waals surface area contributed by atoms with Crippen LogP contribution in [-0.2, 0) is 6.54 Å². The van der Waals surface area contributed by atoms with Crippen LogP contribution in [0.5, 0.6) is 0 Å². The molecule has 3 heteroatoms. The van der Waals surface area contributed by atoms with Crippen molar-refractivity contribution in [3.63, 3.8) is 0 Å². The van der Waals surface area contributed by atoms with E-state index in [4.69, 9.17) is 0 Å². The van der Waals surface area contributed by atoms with Crippen LogP contribution in [0.1, 0.15) is 12.5 Å². The molecule has 0 unspecified atom stereocenters. The third-order valence-electron chi connectivity index (χ3n) is 3.20. The van der Waals surface area contributed by atoms with Crippen LogP contribution in [0, 0.1) is 0 Å². The predicted molar refractivity (Wildman–Crippen MR) is 82.8 cm³/mol. The van der Waals surface area contributed by atoms with Gasteiger partial charge in [-0.3, -0.25) is 4.90 Å². The number of nitrogens with zero attached hydrogens (tertiary/aromatic N) is 2. The van der Waals surface area contributed by atoms with Crippen LogP contribution in [0.2, 0.25) is 0 Å². The van der Waals surface area contributed by atoms with Crippen molar-refractivity contribution >= 4 is 11.7 Å². The Labute approximate surface area is 120 Å². The Morgan fingerprint density at radius 2 is 1.50 bits per heavy atom. The summed E-state index contributed by atoms with van der Waals surface area (Å²) in [4.78, 5) is 16.1. The Bertz CT molecular complexity index is 539. The molecule has 2 rings (SSSR count). The Kier molecular flexibility index (Phi) is 4.77. The molecule has 2 aromatic carbocycles. The average molecular weight is 268 g/mol. The second-order valence-electron chi connectivity index (χ2n) is 4.70. The summed E-state index contributed by atoms with van der Waals surface area (Å²) in [7, 11) is 1.83.